The molecule has 0 radical (unpaired) electrons. The van der Waals surface area contributed by atoms with Gasteiger partial charge in [0.1, 0.15) is 6.61 Å². The second-order valence-corrected chi connectivity index (χ2v) is 9.81. The lowest BCUT2D eigenvalue weighted by Gasteiger charge is -2.06. The molecule has 0 aromatic carbocycles. The molecule has 9 heteroatoms. The fourth-order valence-corrected chi connectivity index (χ4v) is 3.81. The summed E-state index contributed by atoms with van der Waals surface area (Å²) in [6.07, 6.45) is 16.4. The molecule has 28 heavy (non-hydrogen) atoms. The van der Waals surface area contributed by atoms with Gasteiger partial charge in [0.15, 0.2) is 0 Å². The van der Waals surface area contributed by atoms with E-state index >= 15 is 0 Å². The molecule has 0 heterocycles. The van der Waals surface area contributed by atoms with Gasteiger partial charge in [-0.3, -0.25) is 0 Å². The predicted molar refractivity (Wildman–Crippen MR) is 116 cm³/mol. The first kappa shape index (κ1) is 27.5. The van der Waals surface area contributed by atoms with Gasteiger partial charge < -0.3 is 0 Å². The molecule has 0 aliphatic rings. The maximum Gasteiger partial charge on any atom is 0.620 e. The highest BCUT2D eigenvalue weighted by molar-refractivity contribution is 7.67. The van der Waals surface area contributed by atoms with Crippen molar-refractivity contribution in [3.8, 4) is 0 Å². The van der Waals surface area contributed by atoms with Crippen LogP contribution in [0.15, 0.2) is 47.1 Å². The Labute approximate surface area is 170 Å². The Morgan fingerprint density at radius 1 is 0.714 bits per heavy atom. The first-order valence-corrected chi connectivity index (χ1v) is 12.4. The SMILES string of the molecule is CC(C)=CCC/C=C/CC/C(C)=C/CC/C(C)=C/CO[P+](O)(O)O[P+](O)(O)O. The minimum atomic E-state index is -4.76. The van der Waals surface area contributed by atoms with E-state index in [0.717, 1.165) is 44.1 Å². The van der Waals surface area contributed by atoms with Crippen LogP contribution in [-0.4, -0.2) is 31.1 Å². The van der Waals surface area contributed by atoms with E-state index < -0.39 is 16.3 Å². The van der Waals surface area contributed by atoms with Gasteiger partial charge in [0, 0.05) is 0 Å². The molecular formula is C19H36O7P2+2. The van der Waals surface area contributed by atoms with Crippen LogP contribution in [0, 0.1) is 0 Å². The molecule has 0 amide bonds. The lowest BCUT2D eigenvalue weighted by Crippen LogP contribution is -2.03. The largest absolute Gasteiger partial charge is 0.620 e. The monoisotopic (exact) mass is 438 g/mol. The van der Waals surface area contributed by atoms with Crippen molar-refractivity contribution in [2.45, 2.75) is 66.2 Å². The second kappa shape index (κ2) is 14.5. The molecule has 0 saturated carbocycles. The van der Waals surface area contributed by atoms with Crippen LogP contribution in [-0.2, 0) is 8.83 Å². The molecule has 162 valence electrons. The molecule has 0 atom stereocenters. The van der Waals surface area contributed by atoms with Crippen LogP contribution in [0.2, 0.25) is 0 Å². The summed E-state index contributed by atoms with van der Waals surface area (Å²) in [6, 6.07) is 0. The van der Waals surface area contributed by atoms with Crippen LogP contribution in [0.4, 0.5) is 0 Å². The Bertz CT molecular complexity index is 557. The molecule has 5 N–H and O–H groups in total. The predicted octanol–water partition coefficient (Wildman–Crippen LogP) is 5.09. The van der Waals surface area contributed by atoms with Gasteiger partial charge in [0.05, 0.1) is 4.31 Å². The van der Waals surface area contributed by atoms with E-state index in [1.165, 1.54) is 11.1 Å². The third-order valence-corrected chi connectivity index (χ3v) is 5.89. The van der Waals surface area contributed by atoms with Crippen molar-refractivity contribution in [2.75, 3.05) is 6.61 Å². The van der Waals surface area contributed by atoms with Gasteiger partial charge in [0.2, 0.25) is 0 Å². The zero-order valence-electron chi connectivity index (χ0n) is 17.3. The van der Waals surface area contributed by atoms with Crippen molar-refractivity contribution in [3.63, 3.8) is 0 Å². The van der Waals surface area contributed by atoms with E-state index in [0.29, 0.717) is 0 Å². The number of allylic oxidation sites excluding steroid dienone is 7. The normalized spacial score (nSPS) is 14.0. The Kier molecular flexibility index (Phi) is 14.3. The van der Waals surface area contributed by atoms with E-state index in [1.807, 2.05) is 6.92 Å². The van der Waals surface area contributed by atoms with E-state index in [2.05, 4.69) is 53.9 Å². The standard InChI is InChI=1S/C19H36O7P2/c1-17(2)11-8-6-5-7-9-12-18(3)13-10-14-19(4)15-16-25-28(23,24)26-27(20,21)22/h5,7,11,13,15,20-24H,6,8-10,12,14,16H2,1-4H3/q+2/b7-5+,18-13+,19-15+. The van der Waals surface area contributed by atoms with Gasteiger partial charge in [0.25, 0.3) is 0 Å². The topological polar surface area (TPSA) is 120 Å². The van der Waals surface area contributed by atoms with Gasteiger partial charge in [-0.25, -0.2) is 0 Å². The first-order valence-electron chi connectivity index (χ1n) is 9.28. The lowest BCUT2D eigenvalue weighted by atomic mass is 10.1. The molecule has 0 saturated heterocycles. The summed E-state index contributed by atoms with van der Waals surface area (Å²) in [5.74, 6) is 0. The highest BCUT2D eigenvalue weighted by Crippen LogP contribution is 2.67. The summed E-state index contributed by atoms with van der Waals surface area (Å²) in [5, 5.41) is 0. The average Bonchev–Trinajstić information content (AvgIpc) is 2.51. The van der Waals surface area contributed by atoms with Crippen LogP contribution in [0.25, 0.3) is 0 Å². The zero-order valence-corrected chi connectivity index (χ0v) is 19.1. The number of hydrogen-bond acceptors (Lipinski definition) is 7. The van der Waals surface area contributed by atoms with Crippen LogP contribution in [0.5, 0.6) is 0 Å². The summed E-state index contributed by atoms with van der Waals surface area (Å²) in [6.45, 7) is 8.05. The van der Waals surface area contributed by atoms with Crippen molar-refractivity contribution < 1.29 is 33.3 Å². The van der Waals surface area contributed by atoms with Crippen molar-refractivity contribution in [1.29, 1.82) is 0 Å². The van der Waals surface area contributed by atoms with Gasteiger partial charge in [-0.2, -0.15) is 24.5 Å². The van der Waals surface area contributed by atoms with Gasteiger partial charge >= 0.3 is 16.3 Å². The number of unbranched alkanes of at least 4 members (excludes halogenated alkanes) is 1. The van der Waals surface area contributed by atoms with Gasteiger partial charge in [-0.1, -0.05) is 47.1 Å². The lowest BCUT2D eigenvalue weighted by molar-refractivity contribution is 0.144. The molecule has 0 bridgehead atoms. The van der Waals surface area contributed by atoms with Gasteiger partial charge in [-0.15, -0.1) is 4.52 Å². The molecule has 0 aromatic rings. The van der Waals surface area contributed by atoms with Crippen LogP contribution in [0.3, 0.4) is 0 Å². The average molecular weight is 438 g/mol. The Morgan fingerprint density at radius 3 is 1.89 bits per heavy atom. The number of rotatable bonds is 14. The summed E-state index contributed by atoms with van der Waals surface area (Å²) in [7, 11) is -9.22. The number of hydrogen-bond donors (Lipinski definition) is 5. The summed E-state index contributed by atoms with van der Waals surface area (Å²) in [5.41, 5.74) is 3.67. The van der Waals surface area contributed by atoms with Crippen molar-refractivity contribution >= 4 is 16.3 Å². The molecule has 0 rings (SSSR count). The maximum atomic E-state index is 9.31. The first-order chi connectivity index (χ1) is 12.9. The molecule has 0 unspecified atom stereocenters. The Morgan fingerprint density at radius 2 is 1.29 bits per heavy atom. The van der Waals surface area contributed by atoms with E-state index in [1.54, 1.807) is 6.08 Å². The summed E-state index contributed by atoms with van der Waals surface area (Å²) >= 11 is 0. The van der Waals surface area contributed by atoms with Crippen molar-refractivity contribution in [2.24, 2.45) is 0 Å². The van der Waals surface area contributed by atoms with Crippen LogP contribution < -0.4 is 0 Å². The van der Waals surface area contributed by atoms with Crippen LogP contribution in [0.1, 0.15) is 66.2 Å². The third kappa shape index (κ3) is 18.9. The minimum absolute atomic E-state index is 0.174. The molecule has 0 aliphatic carbocycles. The summed E-state index contributed by atoms with van der Waals surface area (Å²) in [4.78, 5) is 44.6. The smallest absolute Gasteiger partial charge is 0.165 e. The van der Waals surface area contributed by atoms with Crippen LogP contribution >= 0.6 is 16.3 Å². The van der Waals surface area contributed by atoms with Crippen molar-refractivity contribution in [3.05, 3.63) is 47.1 Å². The minimum Gasteiger partial charge on any atom is -0.165 e. The molecule has 0 aliphatic heterocycles. The third-order valence-electron chi connectivity index (χ3n) is 3.68. The van der Waals surface area contributed by atoms with Crippen molar-refractivity contribution in [1.82, 2.24) is 0 Å². The Balaban J connectivity index is 4.04. The molecule has 0 spiro atoms. The van der Waals surface area contributed by atoms with Gasteiger partial charge in [-0.05, 0) is 66.2 Å². The fraction of sp³-hybridized carbons (Fsp3) is 0.579. The highest BCUT2D eigenvalue weighted by Gasteiger charge is 2.57. The van der Waals surface area contributed by atoms with E-state index in [4.69, 9.17) is 14.7 Å². The Hall–Kier alpha value is -0.460. The molecule has 7 nitrogen and oxygen atoms in total. The summed E-state index contributed by atoms with van der Waals surface area (Å²) < 4.78 is 8.58. The van der Waals surface area contributed by atoms with E-state index in [-0.39, 0.29) is 6.61 Å². The molecular weight excluding hydrogens is 402 g/mol. The quantitative estimate of drug-likeness (QED) is 0.146. The fourth-order valence-electron chi connectivity index (χ4n) is 2.21. The second-order valence-electron chi connectivity index (χ2n) is 6.89. The van der Waals surface area contributed by atoms with E-state index in [9.17, 15) is 9.79 Å². The maximum absolute atomic E-state index is 9.31. The molecule has 0 aromatic heterocycles. The molecule has 0 fully saturated rings. The highest BCUT2D eigenvalue weighted by atomic mass is 31.3. The zero-order chi connectivity index (χ0) is 21.6.